The van der Waals surface area contributed by atoms with E-state index in [1.54, 1.807) is 12.1 Å². The third kappa shape index (κ3) is 6.11. The maximum absolute atomic E-state index is 12.8. The maximum Gasteiger partial charge on any atom is 0.211 e. The minimum Gasteiger partial charge on any atom is -0.314 e. The van der Waals surface area contributed by atoms with Gasteiger partial charge in [-0.05, 0) is 49.9 Å². The summed E-state index contributed by atoms with van der Waals surface area (Å²) >= 11 is 0. The zero-order chi connectivity index (χ0) is 15.1. The molecule has 0 saturated carbocycles. The SMILES string of the molecule is O=S(=O)(CCC1CCCCN1)NCCc1ccc(F)cc1. The molecule has 2 N–H and O–H groups in total. The van der Waals surface area contributed by atoms with E-state index in [-0.39, 0.29) is 11.6 Å². The second-order valence-electron chi connectivity index (χ2n) is 5.53. The topological polar surface area (TPSA) is 58.2 Å². The average molecular weight is 314 g/mol. The van der Waals surface area contributed by atoms with Gasteiger partial charge in [0.15, 0.2) is 0 Å². The standard InChI is InChI=1S/C15H23FN2O2S/c16-14-6-4-13(5-7-14)8-11-18-21(19,20)12-9-15-3-1-2-10-17-15/h4-7,15,17-18H,1-3,8-12H2. The molecule has 0 aliphatic carbocycles. The Morgan fingerprint density at radius 1 is 1.24 bits per heavy atom. The lowest BCUT2D eigenvalue weighted by Crippen LogP contribution is -2.37. The Morgan fingerprint density at radius 3 is 2.67 bits per heavy atom. The van der Waals surface area contributed by atoms with Gasteiger partial charge in [-0.2, -0.15) is 0 Å². The highest BCUT2D eigenvalue weighted by atomic mass is 32.2. The lowest BCUT2D eigenvalue weighted by molar-refractivity contribution is 0.392. The molecule has 1 atom stereocenters. The Morgan fingerprint density at radius 2 is 2.00 bits per heavy atom. The van der Waals surface area contributed by atoms with Crippen LogP contribution in [0.15, 0.2) is 24.3 Å². The summed E-state index contributed by atoms with van der Waals surface area (Å²) in [7, 11) is -3.22. The minimum atomic E-state index is -3.22. The normalized spacial score (nSPS) is 19.6. The molecule has 0 spiro atoms. The van der Waals surface area contributed by atoms with Crippen LogP contribution in [0.25, 0.3) is 0 Å². The smallest absolute Gasteiger partial charge is 0.211 e. The third-order valence-corrected chi connectivity index (χ3v) is 5.21. The molecule has 6 heteroatoms. The number of piperidine rings is 1. The Kier molecular flexibility index (Phi) is 6.14. The van der Waals surface area contributed by atoms with Gasteiger partial charge in [0, 0.05) is 12.6 Å². The van der Waals surface area contributed by atoms with E-state index in [0.29, 0.717) is 25.4 Å². The predicted octanol–water partition coefficient (Wildman–Crippen LogP) is 1.82. The van der Waals surface area contributed by atoms with Crippen molar-refractivity contribution in [2.75, 3.05) is 18.8 Å². The fourth-order valence-corrected chi connectivity index (χ4v) is 3.69. The first-order valence-corrected chi connectivity index (χ1v) is 9.15. The van der Waals surface area contributed by atoms with Crippen LogP contribution in [0.5, 0.6) is 0 Å². The second-order valence-corrected chi connectivity index (χ2v) is 7.45. The number of nitrogens with one attached hydrogen (secondary N) is 2. The van der Waals surface area contributed by atoms with Gasteiger partial charge in [-0.15, -0.1) is 0 Å². The van der Waals surface area contributed by atoms with E-state index < -0.39 is 10.0 Å². The first-order chi connectivity index (χ1) is 10.1. The third-order valence-electron chi connectivity index (χ3n) is 3.80. The quantitative estimate of drug-likeness (QED) is 0.807. The molecule has 2 rings (SSSR count). The van der Waals surface area contributed by atoms with E-state index in [1.165, 1.54) is 25.0 Å². The van der Waals surface area contributed by atoms with E-state index in [4.69, 9.17) is 0 Å². The molecule has 118 valence electrons. The van der Waals surface area contributed by atoms with E-state index in [0.717, 1.165) is 18.5 Å². The number of hydrogen-bond donors (Lipinski definition) is 2. The predicted molar refractivity (Wildman–Crippen MR) is 82.2 cm³/mol. The molecule has 1 heterocycles. The molecule has 1 aromatic carbocycles. The Bertz CT molecular complexity index is 525. The monoisotopic (exact) mass is 314 g/mol. The van der Waals surface area contributed by atoms with Gasteiger partial charge >= 0.3 is 0 Å². The van der Waals surface area contributed by atoms with E-state index in [1.807, 2.05) is 0 Å². The molecule has 4 nitrogen and oxygen atoms in total. The zero-order valence-corrected chi connectivity index (χ0v) is 13.0. The van der Waals surface area contributed by atoms with Gasteiger partial charge in [-0.1, -0.05) is 18.6 Å². The van der Waals surface area contributed by atoms with Crippen molar-refractivity contribution in [2.24, 2.45) is 0 Å². The lowest BCUT2D eigenvalue weighted by atomic mass is 10.0. The molecule has 1 aromatic rings. The van der Waals surface area contributed by atoms with Gasteiger partial charge in [0.2, 0.25) is 10.0 Å². The first kappa shape index (κ1) is 16.4. The van der Waals surface area contributed by atoms with E-state index in [9.17, 15) is 12.8 Å². The molecule has 1 fully saturated rings. The summed E-state index contributed by atoms with van der Waals surface area (Å²) in [5, 5.41) is 3.35. The second kappa shape index (κ2) is 7.87. The fourth-order valence-electron chi connectivity index (χ4n) is 2.54. The van der Waals surface area contributed by atoms with Crippen LogP contribution in [-0.2, 0) is 16.4 Å². The maximum atomic E-state index is 12.8. The van der Waals surface area contributed by atoms with Gasteiger partial charge in [-0.25, -0.2) is 17.5 Å². The van der Waals surface area contributed by atoms with Crippen molar-refractivity contribution in [1.82, 2.24) is 10.0 Å². The number of benzene rings is 1. The number of sulfonamides is 1. The average Bonchev–Trinajstić information content (AvgIpc) is 2.48. The van der Waals surface area contributed by atoms with Crippen LogP contribution >= 0.6 is 0 Å². The summed E-state index contributed by atoms with van der Waals surface area (Å²) in [5.41, 5.74) is 0.924. The van der Waals surface area contributed by atoms with Crippen molar-refractivity contribution in [3.63, 3.8) is 0 Å². The van der Waals surface area contributed by atoms with Gasteiger partial charge in [-0.3, -0.25) is 0 Å². The molecular formula is C15H23FN2O2S. The minimum absolute atomic E-state index is 0.161. The van der Waals surface area contributed by atoms with Crippen LogP contribution in [0, 0.1) is 5.82 Å². The first-order valence-electron chi connectivity index (χ1n) is 7.50. The van der Waals surface area contributed by atoms with Crippen molar-refractivity contribution in [3.8, 4) is 0 Å². The number of hydrogen-bond acceptors (Lipinski definition) is 3. The fraction of sp³-hybridized carbons (Fsp3) is 0.600. The molecule has 1 saturated heterocycles. The van der Waals surface area contributed by atoms with Crippen LogP contribution in [0.2, 0.25) is 0 Å². The number of halogens is 1. The van der Waals surface area contributed by atoms with Gasteiger partial charge in [0.25, 0.3) is 0 Å². The Hall–Kier alpha value is -0.980. The Labute approximate surface area is 126 Å². The highest BCUT2D eigenvalue weighted by Gasteiger charge is 2.16. The van der Waals surface area contributed by atoms with Crippen molar-refractivity contribution in [2.45, 2.75) is 38.1 Å². The molecule has 0 radical (unpaired) electrons. The summed E-state index contributed by atoms with van der Waals surface area (Å²) in [6.45, 7) is 1.34. The molecule has 0 amide bonds. The summed E-state index contributed by atoms with van der Waals surface area (Å²) in [5.74, 6) is -0.118. The molecule has 0 aromatic heterocycles. The van der Waals surface area contributed by atoms with Crippen molar-refractivity contribution in [1.29, 1.82) is 0 Å². The Balaban J connectivity index is 1.69. The zero-order valence-electron chi connectivity index (χ0n) is 12.1. The summed E-state index contributed by atoms with van der Waals surface area (Å²) < 4.78 is 39.2. The molecular weight excluding hydrogens is 291 g/mol. The molecule has 1 aliphatic heterocycles. The van der Waals surface area contributed by atoms with Crippen LogP contribution in [0.4, 0.5) is 4.39 Å². The summed E-state index contributed by atoms with van der Waals surface area (Å²) in [6, 6.07) is 6.45. The summed E-state index contributed by atoms with van der Waals surface area (Å²) in [6.07, 6.45) is 4.65. The molecule has 0 bridgehead atoms. The van der Waals surface area contributed by atoms with Gasteiger partial charge < -0.3 is 5.32 Å². The van der Waals surface area contributed by atoms with E-state index in [2.05, 4.69) is 10.0 Å². The molecule has 21 heavy (non-hydrogen) atoms. The van der Waals surface area contributed by atoms with Gasteiger partial charge in [0.05, 0.1) is 5.75 Å². The van der Waals surface area contributed by atoms with Crippen molar-refractivity contribution in [3.05, 3.63) is 35.6 Å². The summed E-state index contributed by atoms with van der Waals surface area (Å²) in [4.78, 5) is 0. The molecule has 1 unspecified atom stereocenters. The van der Waals surface area contributed by atoms with Crippen molar-refractivity contribution < 1.29 is 12.8 Å². The van der Waals surface area contributed by atoms with Crippen LogP contribution in [0.1, 0.15) is 31.2 Å². The van der Waals surface area contributed by atoms with E-state index >= 15 is 0 Å². The lowest BCUT2D eigenvalue weighted by Gasteiger charge is -2.23. The highest BCUT2D eigenvalue weighted by molar-refractivity contribution is 7.89. The largest absolute Gasteiger partial charge is 0.314 e. The highest BCUT2D eigenvalue weighted by Crippen LogP contribution is 2.10. The van der Waals surface area contributed by atoms with Crippen molar-refractivity contribution >= 4 is 10.0 Å². The van der Waals surface area contributed by atoms with Gasteiger partial charge in [0.1, 0.15) is 5.82 Å². The number of rotatable bonds is 7. The van der Waals surface area contributed by atoms with Crippen LogP contribution < -0.4 is 10.0 Å². The van der Waals surface area contributed by atoms with Crippen LogP contribution in [0.3, 0.4) is 0 Å². The van der Waals surface area contributed by atoms with Crippen LogP contribution in [-0.4, -0.2) is 33.3 Å². The molecule has 1 aliphatic rings.